The lowest BCUT2D eigenvalue weighted by atomic mass is 10.2. The van der Waals surface area contributed by atoms with Crippen LogP contribution in [-0.2, 0) is 6.54 Å². The predicted molar refractivity (Wildman–Crippen MR) is 81.8 cm³/mol. The minimum atomic E-state index is -1.15. The van der Waals surface area contributed by atoms with Gasteiger partial charge in [-0.05, 0) is 32.9 Å². The van der Waals surface area contributed by atoms with Gasteiger partial charge in [-0.3, -0.25) is 4.79 Å². The molecule has 3 rings (SSSR count). The van der Waals surface area contributed by atoms with Gasteiger partial charge in [0.25, 0.3) is 11.7 Å². The first-order valence-corrected chi connectivity index (χ1v) is 7.17. The molecule has 0 aliphatic carbocycles. The van der Waals surface area contributed by atoms with Crippen molar-refractivity contribution in [1.82, 2.24) is 24.9 Å². The molecule has 2 N–H and O–H groups in total. The fourth-order valence-corrected chi connectivity index (χ4v) is 2.36. The molecule has 0 saturated heterocycles. The number of hydrogen-bond acceptors (Lipinski definition) is 6. The van der Waals surface area contributed by atoms with Crippen molar-refractivity contribution in [2.45, 2.75) is 27.3 Å². The minimum Gasteiger partial charge on any atom is -0.475 e. The number of aromatic nitrogens is 4. The van der Waals surface area contributed by atoms with Gasteiger partial charge in [-0.1, -0.05) is 0 Å². The number of carboxylic acids is 1. The van der Waals surface area contributed by atoms with Gasteiger partial charge in [-0.15, -0.1) is 5.10 Å². The highest BCUT2D eigenvalue weighted by Crippen LogP contribution is 2.14. The van der Waals surface area contributed by atoms with Gasteiger partial charge in [0, 0.05) is 17.0 Å². The first-order chi connectivity index (χ1) is 11.3. The van der Waals surface area contributed by atoms with Crippen molar-refractivity contribution in [1.29, 1.82) is 0 Å². The summed E-state index contributed by atoms with van der Waals surface area (Å²) in [5.41, 5.74) is 2.09. The molecule has 0 unspecified atom stereocenters. The van der Waals surface area contributed by atoms with Crippen LogP contribution in [0.15, 0.2) is 16.5 Å². The van der Waals surface area contributed by atoms with Crippen LogP contribution in [0.25, 0.3) is 5.78 Å². The monoisotopic (exact) mass is 329 g/mol. The van der Waals surface area contributed by atoms with Crippen molar-refractivity contribution in [2.24, 2.45) is 0 Å². The van der Waals surface area contributed by atoms with Gasteiger partial charge in [0.1, 0.15) is 5.76 Å². The van der Waals surface area contributed by atoms with Crippen molar-refractivity contribution in [3.05, 3.63) is 46.4 Å². The van der Waals surface area contributed by atoms with Gasteiger partial charge >= 0.3 is 5.97 Å². The molecule has 0 atom stereocenters. The molecule has 0 aliphatic heterocycles. The highest BCUT2D eigenvalue weighted by molar-refractivity contribution is 5.90. The molecule has 1 amide bonds. The number of carboxylic acid groups (broad SMARTS) is 1. The zero-order chi connectivity index (χ0) is 17.4. The Kier molecular flexibility index (Phi) is 3.76. The van der Waals surface area contributed by atoms with E-state index in [0.29, 0.717) is 17.1 Å². The van der Waals surface area contributed by atoms with E-state index < -0.39 is 11.9 Å². The van der Waals surface area contributed by atoms with Crippen molar-refractivity contribution >= 4 is 17.7 Å². The van der Waals surface area contributed by atoms with Gasteiger partial charge in [0.05, 0.1) is 6.54 Å². The van der Waals surface area contributed by atoms with Crippen LogP contribution in [0.5, 0.6) is 0 Å². The third-order valence-electron chi connectivity index (χ3n) is 3.41. The molecule has 24 heavy (non-hydrogen) atoms. The summed E-state index contributed by atoms with van der Waals surface area (Å²) in [6.45, 7) is 5.34. The Balaban J connectivity index is 1.77. The normalized spacial score (nSPS) is 11.0. The van der Waals surface area contributed by atoms with Crippen LogP contribution < -0.4 is 5.32 Å². The van der Waals surface area contributed by atoms with E-state index in [2.05, 4.69) is 20.4 Å². The van der Waals surface area contributed by atoms with Crippen molar-refractivity contribution < 1.29 is 19.1 Å². The second-order valence-corrected chi connectivity index (χ2v) is 5.40. The summed E-state index contributed by atoms with van der Waals surface area (Å²) < 4.78 is 6.67. The summed E-state index contributed by atoms with van der Waals surface area (Å²) in [5.74, 6) is -1.11. The molecule has 0 bridgehead atoms. The molecule has 9 nitrogen and oxygen atoms in total. The molecule has 3 aromatic heterocycles. The van der Waals surface area contributed by atoms with Crippen molar-refractivity contribution in [2.75, 3.05) is 0 Å². The number of carbonyl (C=O) groups is 2. The van der Waals surface area contributed by atoms with E-state index in [1.165, 1.54) is 4.52 Å². The molecular formula is C15H15N5O4. The van der Waals surface area contributed by atoms with Crippen LogP contribution in [0.4, 0.5) is 0 Å². The number of aryl methyl sites for hydroxylation is 3. The first-order valence-electron chi connectivity index (χ1n) is 7.17. The SMILES string of the molecule is Cc1cc(C)n2nc(C(=O)NCc3cc(C)c(C(=O)O)o3)nc2n1. The Labute approximate surface area is 136 Å². The number of hydrogen-bond donors (Lipinski definition) is 2. The summed E-state index contributed by atoms with van der Waals surface area (Å²) in [4.78, 5) is 31.4. The summed E-state index contributed by atoms with van der Waals surface area (Å²) in [6.07, 6.45) is 0. The maximum atomic E-state index is 12.2. The fraction of sp³-hybridized carbons (Fsp3) is 0.267. The van der Waals surface area contributed by atoms with Crippen LogP contribution in [0.3, 0.4) is 0 Å². The van der Waals surface area contributed by atoms with Crippen LogP contribution in [-0.4, -0.2) is 36.6 Å². The third kappa shape index (κ3) is 2.83. The van der Waals surface area contributed by atoms with E-state index in [9.17, 15) is 9.59 Å². The Morgan fingerprint density at radius 1 is 1.25 bits per heavy atom. The maximum Gasteiger partial charge on any atom is 0.372 e. The number of rotatable bonds is 4. The molecule has 0 saturated carbocycles. The van der Waals surface area contributed by atoms with E-state index in [1.54, 1.807) is 13.0 Å². The molecule has 0 aliphatic rings. The van der Waals surface area contributed by atoms with Crippen LogP contribution in [0, 0.1) is 20.8 Å². The van der Waals surface area contributed by atoms with Crippen molar-refractivity contribution in [3.8, 4) is 0 Å². The van der Waals surface area contributed by atoms with Crippen LogP contribution in [0.2, 0.25) is 0 Å². The van der Waals surface area contributed by atoms with Gasteiger partial charge < -0.3 is 14.8 Å². The Morgan fingerprint density at radius 3 is 2.67 bits per heavy atom. The quantitative estimate of drug-likeness (QED) is 0.739. The molecule has 3 aromatic rings. The molecule has 0 radical (unpaired) electrons. The highest BCUT2D eigenvalue weighted by Gasteiger charge is 2.17. The number of amides is 1. The first kappa shape index (κ1) is 15.7. The Morgan fingerprint density at radius 2 is 2.00 bits per heavy atom. The summed E-state index contributed by atoms with van der Waals surface area (Å²) in [5, 5.41) is 15.7. The number of furan rings is 1. The molecule has 0 fully saturated rings. The summed E-state index contributed by atoms with van der Waals surface area (Å²) >= 11 is 0. The number of aromatic carboxylic acids is 1. The second kappa shape index (κ2) is 5.76. The summed E-state index contributed by atoms with van der Waals surface area (Å²) in [6, 6.07) is 3.40. The lowest BCUT2D eigenvalue weighted by Crippen LogP contribution is -2.23. The van der Waals surface area contributed by atoms with E-state index in [1.807, 2.05) is 19.9 Å². The second-order valence-electron chi connectivity index (χ2n) is 5.40. The van der Waals surface area contributed by atoms with E-state index in [0.717, 1.165) is 11.4 Å². The van der Waals surface area contributed by atoms with Gasteiger partial charge in [0.2, 0.25) is 11.6 Å². The van der Waals surface area contributed by atoms with Gasteiger partial charge in [-0.2, -0.15) is 4.98 Å². The van der Waals surface area contributed by atoms with Crippen molar-refractivity contribution in [3.63, 3.8) is 0 Å². The molecule has 9 heteroatoms. The highest BCUT2D eigenvalue weighted by atomic mass is 16.4. The zero-order valence-electron chi connectivity index (χ0n) is 13.3. The minimum absolute atomic E-state index is 0.0158. The Hall–Kier alpha value is -3.23. The standard InChI is InChI=1S/C15H15N5O4/c1-7-4-10(24-11(7)14(22)23)6-16-13(21)12-18-15-17-8(2)5-9(3)20(15)19-12/h4-5H,6H2,1-3H3,(H,16,21)(H,22,23). The Bertz CT molecular complexity index is 956. The smallest absolute Gasteiger partial charge is 0.372 e. The van der Waals surface area contributed by atoms with Gasteiger partial charge in [-0.25, -0.2) is 14.3 Å². The molecule has 0 aromatic carbocycles. The molecule has 3 heterocycles. The van der Waals surface area contributed by atoms with E-state index in [-0.39, 0.29) is 18.1 Å². The third-order valence-corrected chi connectivity index (χ3v) is 3.41. The maximum absolute atomic E-state index is 12.2. The lowest BCUT2D eigenvalue weighted by Gasteiger charge is -1.99. The van der Waals surface area contributed by atoms with E-state index in [4.69, 9.17) is 9.52 Å². The number of fused-ring (bicyclic) bond motifs is 1. The largest absolute Gasteiger partial charge is 0.475 e. The molecule has 124 valence electrons. The van der Waals surface area contributed by atoms with Crippen LogP contribution in [0.1, 0.15) is 43.9 Å². The van der Waals surface area contributed by atoms with Crippen LogP contribution >= 0.6 is 0 Å². The molecular weight excluding hydrogens is 314 g/mol. The van der Waals surface area contributed by atoms with E-state index >= 15 is 0 Å². The predicted octanol–water partition coefficient (Wildman–Crippen LogP) is 1.27. The zero-order valence-corrected chi connectivity index (χ0v) is 13.3. The number of carbonyl (C=O) groups excluding carboxylic acids is 1. The number of nitrogens with one attached hydrogen (secondary N) is 1. The molecule has 0 spiro atoms. The average molecular weight is 329 g/mol. The number of nitrogens with zero attached hydrogens (tertiary/aromatic N) is 4. The summed E-state index contributed by atoms with van der Waals surface area (Å²) in [7, 11) is 0. The lowest BCUT2D eigenvalue weighted by molar-refractivity contribution is 0.0659. The van der Waals surface area contributed by atoms with Gasteiger partial charge in [0.15, 0.2) is 0 Å². The average Bonchev–Trinajstić information content (AvgIpc) is 3.08. The fourth-order valence-electron chi connectivity index (χ4n) is 2.36. The topological polar surface area (TPSA) is 123 Å².